The van der Waals surface area contributed by atoms with Gasteiger partial charge in [-0.05, 0) is 51.0 Å². The minimum atomic E-state index is -4.90. The lowest BCUT2D eigenvalue weighted by Crippen LogP contribution is -2.53. The highest BCUT2D eigenvalue weighted by atomic mass is 19.4. The summed E-state index contributed by atoms with van der Waals surface area (Å²) in [6.07, 6.45) is -5.80. The predicted molar refractivity (Wildman–Crippen MR) is 99.2 cm³/mol. The zero-order valence-electron chi connectivity index (χ0n) is 16.9. The Labute approximate surface area is 170 Å². The number of aliphatic carboxylic acids is 1. The van der Waals surface area contributed by atoms with Crippen LogP contribution in [0.2, 0.25) is 0 Å². The Morgan fingerprint density at radius 2 is 1.90 bits per heavy atom. The summed E-state index contributed by atoms with van der Waals surface area (Å²) in [7, 11) is 0. The average Bonchev–Trinajstić information content (AvgIpc) is 2.95. The second-order valence-corrected chi connectivity index (χ2v) is 7.71. The summed E-state index contributed by atoms with van der Waals surface area (Å²) in [5.74, 6) is -2.55. The van der Waals surface area contributed by atoms with Gasteiger partial charge in [-0.3, -0.25) is 9.69 Å². The molecule has 1 heterocycles. The summed E-state index contributed by atoms with van der Waals surface area (Å²) in [6, 6.07) is 0.826. The van der Waals surface area contributed by atoms with E-state index >= 15 is 0 Å². The number of alkyl carbamates (subject to hydrolysis) is 1. The van der Waals surface area contributed by atoms with Crippen molar-refractivity contribution in [2.75, 3.05) is 4.90 Å². The highest BCUT2D eigenvalue weighted by Crippen LogP contribution is 2.37. The van der Waals surface area contributed by atoms with Crippen molar-refractivity contribution in [1.82, 2.24) is 5.32 Å². The number of hydrogen-bond acceptors (Lipinski definition) is 5. The van der Waals surface area contributed by atoms with Crippen molar-refractivity contribution < 1.29 is 42.1 Å². The van der Waals surface area contributed by atoms with Gasteiger partial charge in [0.2, 0.25) is 0 Å². The van der Waals surface area contributed by atoms with Gasteiger partial charge in [-0.2, -0.15) is 0 Å². The zero-order chi connectivity index (χ0) is 22.9. The zero-order valence-corrected chi connectivity index (χ0v) is 16.9. The van der Waals surface area contributed by atoms with Crippen LogP contribution in [0.1, 0.15) is 39.7 Å². The van der Waals surface area contributed by atoms with Crippen LogP contribution in [0.5, 0.6) is 5.75 Å². The minimum Gasteiger partial charge on any atom is -0.480 e. The lowest BCUT2D eigenvalue weighted by Gasteiger charge is -2.28. The van der Waals surface area contributed by atoms with E-state index in [1.165, 1.54) is 6.07 Å². The number of rotatable bonds is 5. The van der Waals surface area contributed by atoms with E-state index in [9.17, 15) is 32.7 Å². The molecule has 8 nitrogen and oxygen atoms in total. The predicted octanol–water partition coefficient (Wildman–Crippen LogP) is 3.23. The van der Waals surface area contributed by atoms with Crippen molar-refractivity contribution in [1.29, 1.82) is 0 Å². The number of carbonyl (C=O) groups excluding carboxylic acids is 2. The third-order valence-corrected chi connectivity index (χ3v) is 4.19. The molecule has 2 atom stereocenters. The number of ether oxygens (including phenoxy) is 2. The van der Waals surface area contributed by atoms with E-state index in [-0.39, 0.29) is 24.1 Å². The molecule has 1 aromatic carbocycles. The van der Waals surface area contributed by atoms with Gasteiger partial charge in [0.05, 0.1) is 0 Å². The number of nitrogens with one attached hydrogen (secondary N) is 1. The second-order valence-electron chi connectivity index (χ2n) is 7.71. The van der Waals surface area contributed by atoms with E-state index in [1.807, 2.05) is 0 Å². The Morgan fingerprint density at radius 1 is 1.27 bits per heavy atom. The second kappa shape index (κ2) is 8.41. The number of fused-ring (bicyclic) bond motifs is 1. The molecule has 30 heavy (non-hydrogen) atoms. The largest absolute Gasteiger partial charge is 0.573 e. The molecule has 1 aromatic rings. The first kappa shape index (κ1) is 23.3. The molecule has 0 radical (unpaired) electrons. The van der Waals surface area contributed by atoms with Crippen molar-refractivity contribution in [3.63, 3.8) is 0 Å². The summed E-state index contributed by atoms with van der Waals surface area (Å²) in [5, 5.41) is 11.9. The van der Waals surface area contributed by atoms with Crippen LogP contribution in [0.4, 0.5) is 23.7 Å². The Kier molecular flexibility index (Phi) is 6.53. The Hall–Kier alpha value is -2.98. The number of halogens is 3. The standard InChI is InChI=1S/C19H23F3N2O6/c1-5-12(23-17(28)30-18(2,3)4)15(25)24-13-7-6-11(29-19(20,21)22)8-10(13)9-14(24)16(26)27/h6-8,12,14H,5,9H2,1-4H3,(H,23,28)(H,26,27)/t12-,14+/m0/s1. The molecule has 0 spiro atoms. The number of carboxylic acids is 1. The number of carboxylic acid groups (broad SMARTS) is 1. The van der Waals surface area contributed by atoms with Crippen molar-refractivity contribution in [2.45, 2.75) is 64.6 Å². The van der Waals surface area contributed by atoms with Crippen LogP contribution in [0, 0.1) is 0 Å². The quantitative estimate of drug-likeness (QED) is 0.740. The van der Waals surface area contributed by atoms with Gasteiger partial charge < -0.3 is 19.9 Å². The maximum absolute atomic E-state index is 13.1. The lowest BCUT2D eigenvalue weighted by molar-refractivity contribution is -0.274. The van der Waals surface area contributed by atoms with E-state index in [2.05, 4.69) is 10.1 Å². The summed E-state index contributed by atoms with van der Waals surface area (Å²) >= 11 is 0. The van der Waals surface area contributed by atoms with Crippen molar-refractivity contribution in [3.05, 3.63) is 23.8 Å². The topological polar surface area (TPSA) is 105 Å². The van der Waals surface area contributed by atoms with Crippen LogP contribution in [0.15, 0.2) is 18.2 Å². The van der Waals surface area contributed by atoms with Gasteiger partial charge in [0.1, 0.15) is 23.4 Å². The van der Waals surface area contributed by atoms with Crippen LogP contribution in [0.3, 0.4) is 0 Å². The fourth-order valence-corrected chi connectivity index (χ4v) is 3.05. The molecular formula is C19H23F3N2O6. The van der Waals surface area contributed by atoms with E-state index in [1.54, 1.807) is 27.7 Å². The first-order chi connectivity index (χ1) is 13.7. The van der Waals surface area contributed by atoms with E-state index < -0.39 is 47.8 Å². The molecule has 0 aromatic heterocycles. The number of carbonyl (C=O) groups is 3. The first-order valence-corrected chi connectivity index (χ1v) is 9.16. The highest BCUT2D eigenvalue weighted by molar-refractivity contribution is 6.05. The molecule has 0 aliphatic carbocycles. The molecule has 0 saturated heterocycles. The van der Waals surface area contributed by atoms with Gasteiger partial charge in [-0.25, -0.2) is 9.59 Å². The van der Waals surface area contributed by atoms with E-state index in [4.69, 9.17) is 4.74 Å². The van der Waals surface area contributed by atoms with Crippen LogP contribution >= 0.6 is 0 Å². The fourth-order valence-electron chi connectivity index (χ4n) is 3.05. The van der Waals surface area contributed by atoms with Crippen molar-refractivity contribution >= 4 is 23.7 Å². The number of anilines is 1. The van der Waals surface area contributed by atoms with Crippen LogP contribution < -0.4 is 15.0 Å². The molecule has 0 fully saturated rings. The number of amides is 2. The monoisotopic (exact) mass is 432 g/mol. The van der Waals surface area contributed by atoms with Crippen LogP contribution in [-0.2, 0) is 20.7 Å². The number of benzene rings is 1. The minimum absolute atomic E-state index is 0.144. The summed E-state index contributed by atoms with van der Waals surface area (Å²) in [4.78, 5) is 37.8. The Bertz CT molecular complexity index is 835. The molecule has 166 valence electrons. The van der Waals surface area contributed by atoms with Gasteiger partial charge in [-0.1, -0.05) is 6.92 Å². The molecule has 0 unspecified atom stereocenters. The number of alkyl halides is 3. The maximum Gasteiger partial charge on any atom is 0.573 e. The number of hydrogen-bond donors (Lipinski definition) is 2. The molecule has 2 amide bonds. The molecule has 2 rings (SSSR count). The molecule has 11 heteroatoms. The lowest BCUT2D eigenvalue weighted by atomic mass is 10.1. The summed E-state index contributed by atoms with van der Waals surface area (Å²) in [6.45, 7) is 6.56. The smallest absolute Gasteiger partial charge is 0.480 e. The van der Waals surface area contributed by atoms with Crippen molar-refractivity contribution in [2.24, 2.45) is 0 Å². The van der Waals surface area contributed by atoms with Gasteiger partial charge in [0.15, 0.2) is 0 Å². The van der Waals surface area contributed by atoms with E-state index in [0.29, 0.717) is 0 Å². The van der Waals surface area contributed by atoms with Gasteiger partial charge in [0.25, 0.3) is 5.91 Å². The first-order valence-electron chi connectivity index (χ1n) is 9.16. The average molecular weight is 432 g/mol. The molecule has 0 bridgehead atoms. The third kappa shape index (κ3) is 5.77. The summed E-state index contributed by atoms with van der Waals surface area (Å²) < 4.78 is 46.4. The van der Waals surface area contributed by atoms with Crippen LogP contribution in [0.25, 0.3) is 0 Å². The van der Waals surface area contributed by atoms with Crippen LogP contribution in [-0.4, -0.2) is 47.1 Å². The fraction of sp³-hybridized carbons (Fsp3) is 0.526. The van der Waals surface area contributed by atoms with Gasteiger partial charge in [0, 0.05) is 12.1 Å². The van der Waals surface area contributed by atoms with E-state index in [0.717, 1.165) is 17.0 Å². The normalized spacial score (nSPS) is 17.2. The molecule has 0 saturated carbocycles. The SMILES string of the molecule is CC[C@H](NC(=O)OC(C)(C)C)C(=O)N1c2ccc(OC(F)(F)F)cc2C[C@@H]1C(=O)O. The molecule has 1 aliphatic rings. The number of nitrogens with zero attached hydrogens (tertiary/aromatic N) is 1. The Morgan fingerprint density at radius 3 is 2.40 bits per heavy atom. The van der Waals surface area contributed by atoms with Crippen molar-refractivity contribution in [3.8, 4) is 5.75 Å². The van der Waals surface area contributed by atoms with Gasteiger partial charge >= 0.3 is 18.4 Å². The molecular weight excluding hydrogens is 409 g/mol. The van der Waals surface area contributed by atoms with Gasteiger partial charge in [-0.15, -0.1) is 13.2 Å². The third-order valence-electron chi connectivity index (χ3n) is 4.19. The molecule has 2 N–H and O–H groups in total. The summed E-state index contributed by atoms with van der Waals surface area (Å²) in [5.41, 5.74) is -0.444. The molecule has 1 aliphatic heterocycles. The highest BCUT2D eigenvalue weighted by Gasteiger charge is 2.42. The maximum atomic E-state index is 13.1. The Balaban J connectivity index is 2.30.